The Morgan fingerprint density at radius 2 is 1.54 bits per heavy atom. The lowest BCUT2D eigenvalue weighted by Gasteiger charge is -2.08. The van der Waals surface area contributed by atoms with E-state index in [1.54, 1.807) is 13.0 Å². The number of carbonyl (C=O) groups excluding carboxylic acids is 1. The van der Waals surface area contributed by atoms with Gasteiger partial charge in [-0.25, -0.2) is 0 Å². The van der Waals surface area contributed by atoms with Crippen LogP contribution in [0.15, 0.2) is 66.7 Å². The van der Waals surface area contributed by atoms with Gasteiger partial charge in [0, 0.05) is 12.1 Å². The van der Waals surface area contributed by atoms with E-state index in [1.807, 2.05) is 18.2 Å². The minimum absolute atomic E-state index is 0.0750. The van der Waals surface area contributed by atoms with E-state index in [2.05, 4.69) is 56.3 Å². The summed E-state index contributed by atoms with van der Waals surface area (Å²) in [7, 11) is 0. The SMILES string of the molecule is CC(=O)c1ccccc1CN.CC(C)c1cccc2ccccc12. The van der Waals surface area contributed by atoms with Gasteiger partial charge < -0.3 is 5.73 Å². The molecule has 0 aliphatic carbocycles. The first-order valence-electron chi connectivity index (χ1n) is 8.31. The van der Waals surface area contributed by atoms with Crippen molar-refractivity contribution in [1.82, 2.24) is 0 Å². The molecule has 24 heavy (non-hydrogen) atoms. The zero-order chi connectivity index (χ0) is 17.5. The van der Waals surface area contributed by atoms with E-state index >= 15 is 0 Å². The first kappa shape index (κ1) is 17.9. The molecule has 0 bridgehead atoms. The number of nitrogens with two attached hydrogens (primary N) is 1. The van der Waals surface area contributed by atoms with E-state index < -0.39 is 0 Å². The third-order valence-electron chi connectivity index (χ3n) is 4.06. The van der Waals surface area contributed by atoms with Gasteiger partial charge in [-0.3, -0.25) is 4.79 Å². The molecule has 0 unspecified atom stereocenters. The normalized spacial score (nSPS) is 10.4. The van der Waals surface area contributed by atoms with Crippen molar-refractivity contribution in [2.45, 2.75) is 33.2 Å². The number of carbonyl (C=O) groups is 1. The number of rotatable bonds is 3. The molecule has 0 amide bonds. The van der Waals surface area contributed by atoms with Crippen LogP contribution in [-0.2, 0) is 6.54 Å². The van der Waals surface area contributed by atoms with Crippen LogP contribution in [0.2, 0.25) is 0 Å². The molecule has 0 spiro atoms. The van der Waals surface area contributed by atoms with Gasteiger partial charge in [-0.05, 0) is 34.7 Å². The Morgan fingerprint density at radius 3 is 2.17 bits per heavy atom. The van der Waals surface area contributed by atoms with Crippen LogP contribution in [0.1, 0.15) is 48.2 Å². The Balaban J connectivity index is 0.000000177. The lowest BCUT2D eigenvalue weighted by atomic mass is 9.96. The summed E-state index contributed by atoms with van der Waals surface area (Å²) < 4.78 is 0. The van der Waals surface area contributed by atoms with Gasteiger partial charge in [-0.2, -0.15) is 0 Å². The highest BCUT2D eigenvalue weighted by molar-refractivity contribution is 5.95. The van der Waals surface area contributed by atoms with E-state index in [0.29, 0.717) is 12.5 Å². The molecule has 0 aromatic heterocycles. The first-order valence-corrected chi connectivity index (χ1v) is 8.31. The second-order valence-electron chi connectivity index (χ2n) is 6.14. The molecule has 0 atom stereocenters. The Morgan fingerprint density at radius 1 is 0.917 bits per heavy atom. The molecular formula is C22H25NO. The van der Waals surface area contributed by atoms with Gasteiger partial charge >= 0.3 is 0 Å². The Hall–Kier alpha value is -2.45. The van der Waals surface area contributed by atoms with Gasteiger partial charge in [0.15, 0.2) is 5.78 Å². The van der Waals surface area contributed by atoms with Crippen LogP contribution in [0, 0.1) is 0 Å². The van der Waals surface area contributed by atoms with Crippen LogP contribution in [-0.4, -0.2) is 5.78 Å². The van der Waals surface area contributed by atoms with Crippen molar-refractivity contribution in [3.05, 3.63) is 83.4 Å². The summed E-state index contributed by atoms with van der Waals surface area (Å²) in [6.07, 6.45) is 0. The van der Waals surface area contributed by atoms with Crippen LogP contribution in [0.25, 0.3) is 10.8 Å². The molecular weight excluding hydrogens is 294 g/mol. The summed E-state index contributed by atoms with van der Waals surface area (Å²) in [5.74, 6) is 0.678. The monoisotopic (exact) mass is 319 g/mol. The van der Waals surface area contributed by atoms with Crippen molar-refractivity contribution in [3.8, 4) is 0 Å². The highest BCUT2D eigenvalue weighted by Crippen LogP contribution is 2.24. The quantitative estimate of drug-likeness (QED) is 0.665. The zero-order valence-electron chi connectivity index (χ0n) is 14.6. The highest BCUT2D eigenvalue weighted by atomic mass is 16.1. The zero-order valence-corrected chi connectivity index (χ0v) is 14.6. The van der Waals surface area contributed by atoms with Gasteiger partial charge in [0.1, 0.15) is 0 Å². The molecule has 2 heteroatoms. The van der Waals surface area contributed by atoms with Gasteiger partial charge in [-0.15, -0.1) is 0 Å². The number of benzene rings is 3. The van der Waals surface area contributed by atoms with Crippen LogP contribution in [0.5, 0.6) is 0 Å². The molecule has 0 saturated carbocycles. The van der Waals surface area contributed by atoms with Gasteiger partial charge in [0.25, 0.3) is 0 Å². The highest BCUT2D eigenvalue weighted by Gasteiger charge is 2.03. The smallest absolute Gasteiger partial charge is 0.160 e. The van der Waals surface area contributed by atoms with E-state index in [1.165, 1.54) is 16.3 Å². The summed E-state index contributed by atoms with van der Waals surface area (Å²) >= 11 is 0. The minimum Gasteiger partial charge on any atom is -0.326 e. The lowest BCUT2D eigenvalue weighted by molar-refractivity contribution is 0.101. The summed E-state index contributed by atoms with van der Waals surface area (Å²) in [5, 5.41) is 2.73. The third-order valence-corrected chi connectivity index (χ3v) is 4.06. The van der Waals surface area contributed by atoms with Crippen molar-refractivity contribution >= 4 is 16.6 Å². The second-order valence-corrected chi connectivity index (χ2v) is 6.14. The first-order chi connectivity index (χ1) is 11.5. The van der Waals surface area contributed by atoms with Gasteiger partial charge in [0.05, 0.1) is 0 Å². The van der Waals surface area contributed by atoms with Crippen molar-refractivity contribution in [2.75, 3.05) is 0 Å². The molecule has 0 saturated heterocycles. The molecule has 3 aromatic rings. The van der Waals surface area contributed by atoms with Gasteiger partial charge in [0.2, 0.25) is 0 Å². The Kier molecular flexibility index (Phi) is 6.28. The summed E-state index contributed by atoms with van der Waals surface area (Å²) in [6.45, 7) is 6.45. The maximum absolute atomic E-state index is 11.0. The van der Waals surface area contributed by atoms with E-state index in [4.69, 9.17) is 5.73 Å². The number of ketones is 1. The predicted octanol–water partition coefficient (Wildman–Crippen LogP) is 5.31. The fourth-order valence-corrected chi connectivity index (χ4v) is 2.80. The minimum atomic E-state index is 0.0750. The fourth-order valence-electron chi connectivity index (χ4n) is 2.80. The Labute approximate surface area is 144 Å². The largest absolute Gasteiger partial charge is 0.326 e. The van der Waals surface area contributed by atoms with Crippen molar-refractivity contribution in [1.29, 1.82) is 0 Å². The van der Waals surface area contributed by atoms with Crippen molar-refractivity contribution in [3.63, 3.8) is 0 Å². The summed E-state index contributed by atoms with van der Waals surface area (Å²) in [5.41, 5.74) is 8.53. The van der Waals surface area contributed by atoms with E-state index in [9.17, 15) is 4.79 Å². The maximum atomic E-state index is 11.0. The predicted molar refractivity (Wildman–Crippen MR) is 102 cm³/mol. The fraction of sp³-hybridized carbons (Fsp3) is 0.227. The molecule has 0 radical (unpaired) electrons. The number of hydrogen-bond acceptors (Lipinski definition) is 2. The van der Waals surface area contributed by atoms with Crippen LogP contribution in [0.3, 0.4) is 0 Å². The molecule has 2 N–H and O–H groups in total. The molecule has 0 heterocycles. The molecule has 3 rings (SSSR count). The van der Waals surface area contributed by atoms with E-state index in [-0.39, 0.29) is 5.78 Å². The average molecular weight is 319 g/mol. The number of hydrogen-bond donors (Lipinski definition) is 1. The Bertz CT molecular complexity index is 816. The van der Waals surface area contributed by atoms with Crippen LogP contribution < -0.4 is 5.73 Å². The second kappa shape index (κ2) is 8.42. The number of Topliss-reactive ketones (excluding diaryl/α,β-unsaturated/α-hetero) is 1. The molecule has 124 valence electrons. The summed E-state index contributed by atoms with van der Waals surface area (Å²) in [6, 6.07) is 22.5. The maximum Gasteiger partial charge on any atom is 0.160 e. The number of fused-ring (bicyclic) bond motifs is 1. The standard InChI is InChI=1S/C13H14.C9H11NO/c1-10(2)12-9-5-7-11-6-3-4-8-13(11)12;1-7(11)9-5-3-2-4-8(9)6-10/h3-10H,1-2H3;2-5H,6,10H2,1H3. The molecule has 0 aliphatic rings. The molecule has 0 aliphatic heterocycles. The molecule has 2 nitrogen and oxygen atoms in total. The average Bonchev–Trinajstić information content (AvgIpc) is 2.61. The summed E-state index contributed by atoms with van der Waals surface area (Å²) in [4.78, 5) is 11.0. The van der Waals surface area contributed by atoms with Gasteiger partial charge in [-0.1, -0.05) is 80.6 Å². The molecule has 3 aromatic carbocycles. The van der Waals surface area contributed by atoms with Crippen molar-refractivity contribution < 1.29 is 4.79 Å². The topological polar surface area (TPSA) is 43.1 Å². The van der Waals surface area contributed by atoms with E-state index in [0.717, 1.165) is 11.1 Å². The third kappa shape index (κ3) is 4.30. The van der Waals surface area contributed by atoms with Crippen LogP contribution >= 0.6 is 0 Å². The molecule has 0 fully saturated rings. The van der Waals surface area contributed by atoms with Crippen LogP contribution in [0.4, 0.5) is 0 Å². The van der Waals surface area contributed by atoms with Crippen molar-refractivity contribution in [2.24, 2.45) is 5.73 Å². The lowest BCUT2D eigenvalue weighted by Crippen LogP contribution is -2.04.